The molecule has 170 valence electrons. The molecule has 0 bridgehead atoms. The number of thiazole rings is 1. The predicted molar refractivity (Wildman–Crippen MR) is 130 cm³/mol. The second kappa shape index (κ2) is 8.26. The van der Waals surface area contributed by atoms with E-state index in [2.05, 4.69) is 10.6 Å². The van der Waals surface area contributed by atoms with Crippen LogP contribution in [0.5, 0.6) is 0 Å². The van der Waals surface area contributed by atoms with Gasteiger partial charge >= 0.3 is 0 Å². The number of nitrogens with two attached hydrogens (primary N) is 2. The normalized spacial score (nSPS) is 15.5. The molecule has 9 heteroatoms. The monoisotopic (exact) mass is 462 g/mol. The minimum absolute atomic E-state index is 0.0264. The van der Waals surface area contributed by atoms with Crippen molar-refractivity contribution in [2.24, 2.45) is 16.9 Å². The highest BCUT2D eigenvalue weighted by atomic mass is 32.1. The number of fused-ring (bicyclic) bond motifs is 3. The number of rotatable bonds is 6. The van der Waals surface area contributed by atoms with Gasteiger partial charge in [-0.25, -0.2) is 4.98 Å². The van der Waals surface area contributed by atoms with Gasteiger partial charge in [-0.1, -0.05) is 23.5 Å². The fourth-order valence-corrected chi connectivity index (χ4v) is 5.54. The number of hydrogen-bond donors (Lipinski definition) is 4. The molecule has 0 radical (unpaired) electrons. The van der Waals surface area contributed by atoms with E-state index in [1.807, 2.05) is 40.9 Å². The number of nitrogens with zero attached hydrogens (tertiary/aromatic N) is 2. The van der Waals surface area contributed by atoms with E-state index in [-0.39, 0.29) is 23.3 Å². The number of hydrogen-bond acceptors (Lipinski definition) is 6. The first kappa shape index (κ1) is 21.6. The van der Waals surface area contributed by atoms with E-state index in [4.69, 9.17) is 16.5 Å². The third kappa shape index (κ3) is 3.78. The highest BCUT2D eigenvalue weighted by Gasteiger charge is 2.42. The quantitative estimate of drug-likeness (QED) is 0.350. The van der Waals surface area contributed by atoms with E-state index in [1.165, 1.54) is 0 Å². The SMILES string of the molecule is CNC(=O)c1ccc(-c2cn3c(n2)sc2cc(C(=O)NC4CC(CN)(CN)C4)ccc23)cc1. The van der Waals surface area contributed by atoms with Gasteiger partial charge in [-0.3, -0.25) is 14.0 Å². The first-order valence-electron chi connectivity index (χ1n) is 10.9. The molecule has 5 rings (SSSR count). The molecule has 1 saturated carbocycles. The Kier molecular flexibility index (Phi) is 5.40. The van der Waals surface area contributed by atoms with Crippen LogP contribution in [0.25, 0.3) is 26.4 Å². The van der Waals surface area contributed by atoms with Crippen LogP contribution in [0.1, 0.15) is 33.6 Å². The van der Waals surface area contributed by atoms with Crippen LogP contribution in [0.2, 0.25) is 0 Å². The van der Waals surface area contributed by atoms with Gasteiger partial charge in [0.05, 0.1) is 15.9 Å². The van der Waals surface area contributed by atoms with Crippen molar-refractivity contribution in [3.8, 4) is 11.3 Å². The molecule has 1 fully saturated rings. The molecular weight excluding hydrogens is 436 g/mol. The number of benzene rings is 2. The van der Waals surface area contributed by atoms with Crippen molar-refractivity contribution in [3.63, 3.8) is 0 Å². The molecule has 0 spiro atoms. The summed E-state index contributed by atoms with van der Waals surface area (Å²) in [7, 11) is 1.61. The summed E-state index contributed by atoms with van der Waals surface area (Å²) in [6.07, 6.45) is 3.64. The molecule has 2 aromatic carbocycles. The van der Waals surface area contributed by atoms with Crippen LogP contribution in [0, 0.1) is 5.41 Å². The molecule has 0 aliphatic heterocycles. The summed E-state index contributed by atoms with van der Waals surface area (Å²) in [6, 6.07) is 13.2. The standard InChI is InChI=1S/C24H26N6O2S/c1-27-21(31)15-4-2-14(3-5-15)18-11-30-19-7-6-16(8-20(19)33-23(30)29-18)22(32)28-17-9-24(10-17,12-25)13-26/h2-8,11,17H,9-10,12-13,25-26H2,1H3,(H,27,31)(H,28,32). The fraction of sp³-hybridized carbons (Fsp3) is 0.292. The Bertz CT molecular complexity index is 1340. The average molecular weight is 463 g/mol. The van der Waals surface area contributed by atoms with E-state index in [0.717, 1.165) is 39.3 Å². The van der Waals surface area contributed by atoms with Gasteiger partial charge in [-0.15, -0.1) is 0 Å². The number of nitrogens with one attached hydrogen (secondary N) is 2. The molecule has 0 unspecified atom stereocenters. The molecule has 0 atom stereocenters. The maximum absolute atomic E-state index is 12.7. The highest BCUT2D eigenvalue weighted by Crippen LogP contribution is 2.39. The molecule has 2 heterocycles. The molecule has 4 aromatic rings. The van der Waals surface area contributed by atoms with Crippen LogP contribution in [0.3, 0.4) is 0 Å². The van der Waals surface area contributed by atoms with Crippen molar-refractivity contribution < 1.29 is 9.59 Å². The number of carbonyl (C=O) groups is 2. The van der Waals surface area contributed by atoms with E-state index in [1.54, 1.807) is 30.5 Å². The molecular formula is C24H26N6O2S. The number of carbonyl (C=O) groups excluding carboxylic acids is 2. The fourth-order valence-electron chi connectivity index (χ4n) is 4.49. The lowest BCUT2D eigenvalue weighted by molar-refractivity contribution is 0.0738. The van der Waals surface area contributed by atoms with Crippen molar-refractivity contribution in [1.29, 1.82) is 0 Å². The third-order valence-corrected chi connectivity index (χ3v) is 7.60. The predicted octanol–water partition coefficient (Wildman–Crippen LogP) is 2.37. The summed E-state index contributed by atoms with van der Waals surface area (Å²) in [5.41, 5.74) is 15.6. The second-order valence-electron chi connectivity index (χ2n) is 8.71. The first-order chi connectivity index (χ1) is 15.9. The van der Waals surface area contributed by atoms with Crippen LogP contribution >= 0.6 is 11.3 Å². The van der Waals surface area contributed by atoms with Crippen LogP contribution in [0.4, 0.5) is 0 Å². The van der Waals surface area contributed by atoms with Gasteiger partial charge in [0, 0.05) is 36.0 Å². The summed E-state index contributed by atoms with van der Waals surface area (Å²) in [5, 5.41) is 5.72. The maximum atomic E-state index is 12.7. The van der Waals surface area contributed by atoms with Gasteiger partial charge in [0.15, 0.2) is 4.96 Å². The Labute approximate surface area is 195 Å². The van der Waals surface area contributed by atoms with E-state index < -0.39 is 0 Å². The Morgan fingerprint density at radius 2 is 1.79 bits per heavy atom. The molecule has 0 saturated heterocycles. The van der Waals surface area contributed by atoms with Crippen LogP contribution in [-0.4, -0.2) is 47.4 Å². The smallest absolute Gasteiger partial charge is 0.251 e. The van der Waals surface area contributed by atoms with Crippen molar-refractivity contribution in [2.45, 2.75) is 18.9 Å². The Balaban J connectivity index is 1.35. The zero-order valence-electron chi connectivity index (χ0n) is 18.3. The van der Waals surface area contributed by atoms with E-state index >= 15 is 0 Å². The van der Waals surface area contributed by atoms with Gasteiger partial charge in [-0.05, 0) is 61.7 Å². The lowest BCUT2D eigenvalue weighted by Crippen LogP contribution is -2.56. The molecule has 1 aliphatic rings. The molecule has 2 amide bonds. The summed E-state index contributed by atoms with van der Waals surface area (Å²) in [4.78, 5) is 30.1. The largest absolute Gasteiger partial charge is 0.355 e. The summed E-state index contributed by atoms with van der Waals surface area (Å²) >= 11 is 1.54. The minimum atomic E-state index is -0.117. The van der Waals surface area contributed by atoms with Gasteiger partial charge in [0.2, 0.25) is 0 Å². The van der Waals surface area contributed by atoms with Gasteiger partial charge < -0.3 is 22.1 Å². The molecule has 2 aromatic heterocycles. The maximum Gasteiger partial charge on any atom is 0.251 e. The molecule has 6 N–H and O–H groups in total. The third-order valence-electron chi connectivity index (χ3n) is 6.59. The number of imidazole rings is 1. The first-order valence-corrected chi connectivity index (χ1v) is 11.7. The van der Waals surface area contributed by atoms with Crippen molar-refractivity contribution in [3.05, 3.63) is 59.8 Å². The second-order valence-corrected chi connectivity index (χ2v) is 9.72. The van der Waals surface area contributed by atoms with Crippen LogP contribution in [-0.2, 0) is 0 Å². The number of aromatic nitrogens is 2. The van der Waals surface area contributed by atoms with Crippen molar-refractivity contribution >= 4 is 38.3 Å². The minimum Gasteiger partial charge on any atom is -0.355 e. The lowest BCUT2D eigenvalue weighted by Gasteiger charge is -2.46. The van der Waals surface area contributed by atoms with Crippen LogP contribution in [0.15, 0.2) is 48.7 Å². The average Bonchev–Trinajstić information content (AvgIpc) is 3.38. The Hall–Kier alpha value is -3.27. The van der Waals surface area contributed by atoms with Crippen LogP contribution < -0.4 is 22.1 Å². The zero-order chi connectivity index (χ0) is 23.2. The molecule has 8 nitrogen and oxygen atoms in total. The summed E-state index contributed by atoms with van der Waals surface area (Å²) < 4.78 is 3.03. The van der Waals surface area contributed by atoms with Gasteiger partial charge in [-0.2, -0.15) is 0 Å². The van der Waals surface area contributed by atoms with Gasteiger partial charge in [0.1, 0.15) is 0 Å². The van der Waals surface area contributed by atoms with Gasteiger partial charge in [0.25, 0.3) is 11.8 Å². The summed E-state index contributed by atoms with van der Waals surface area (Å²) in [6.45, 7) is 1.11. The van der Waals surface area contributed by atoms with Crippen molar-refractivity contribution in [1.82, 2.24) is 20.0 Å². The topological polar surface area (TPSA) is 128 Å². The molecule has 1 aliphatic carbocycles. The molecule has 33 heavy (non-hydrogen) atoms. The number of amides is 2. The summed E-state index contributed by atoms with van der Waals surface area (Å²) in [5.74, 6) is -0.193. The van der Waals surface area contributed by atoms with E-state index in [9.17, 15) is 9.59 Å². The highest BCUT2D eigenvalue weighted by molar-refractivity contribution is 7.23. The zero-order valence-corrected chi connectivity index (χ0v) is 19.1. The Morgan fingerprint density at radius 1 is 1.09 bits per heavy atom. The lowest BCUT2D eigenvalue weighted by atomic mass is 9.65. The van der Waals surface area contributed by atoms with Crippen molar-refractivity contribution in [2.75, 3.05) is 20.1 Å². The Morgan fingerprint density at radius 3 is 2.45 bits per heavy atom. The van der Waals surface area contributed by atoms with E-state index in [0.29, 0.717) is 24.2 Å².